The molecule has 0 saturated carbocycles. The molecular formula is C15H19ClN2O2S. The number of rotatable bonds is 2. The molecule has 3 N–H and O–H groups in total. The molecule has 1 amide bonds. The van der Waals surface area contributed by atoms with E-state index in [0.717, 1.165) is 16.9 Å². The van der Waals surface area contributed by atoms with Crippen LogP contribution in [-0.2, 0) is 4.74 Å². The molecule has 1 aromatic rings. The molecule has 1 atom stereocenters. The van der Waals surface area contributed by atoms with Crippen molar-refractivity contribution in [3.8, 4) is 0 Å². The first-order chi connectivity index (χ1) is 9.74. The fraction of sp³-hybridized carbons (Fsp3) is 0.400. The normalized spacial score (nSPS) is 18.3. The van der Waals surface area contributed by atoms with Crippen LogP contribution in [0.2, 0.25) is 0 Å². The van der Waals surface area contributed by atoms with E-state index in [2.05, 4.69) is 11.4 Å². The Hall–Kier alpha value is -1.33. The van der Waals surface area contributed by atoms with Crippen molar-refractivity contribution in [1.82, 2.24) is 0 Å². The van der Waals surface area contributed by atoms with E-state index in [1.807, 2.05) is 32.9 Å². The van der Waals surface area contributed by atoms with Gasteiger partial charge in [0.15, 0.2) is 0 Å². The van der Waals surface area contributed by atoms with Gasteiger partial charge in [0.05, 0.1) is 16.1 Å². The molecule has 0 radical (unpaired) electrons. The highest BCUT2D eigenvalue weighted by Crippen LogP contribution is 2.42. The van der Waals surface area contributed by atoms with Crippen LogP contribution in [0.5, 0.6) is 0 Å². The molecular weight excluding hydrogens is 308 g/mol. The summed E-state index contributed by atoms with van der Waals surface area (Å²) in [6, 6.07) is 5.52. The molecule has 0 aliphatic carbocycles. The molecule has 1 heterocycles. The lowest BCUT2D eigenvalue weighted by molar-refractivity contribution is 0.0636. The maximum absolute atomic E-state index is 11.7. The number of hydrogen-bond donors (Lipinski definition) is 2. The van der Waals surface area contributed by atoms with Crippen LogP contribution >= 0.6 is 23.4 Å². The van der Waals surface area contributed by atoms with E-state index >= 15 is 0 Å². The van der Waals surface area contributed by atoms with Gasteiger partial charge in [-0.2, -0.15) is 0 Å². The van der Waals surface area contributed by atoms with E-state index in [1.165, 1.54) is 0 Å². The largest absolute Gasteiger partial charge is 0.444 e. The third-order valence-electron chi connectivity index (χ3n) is 2.72. The van der Waals surface area contributed by atoms with Crippen LogP contribution in [0.15, 0.2) is 24.3 Å². The molecule has 0 aromatic heterocycles. The van der Waals surface area contributed by atoms with E-state index in [0.29, 0.717) is 11.4 Å². The standard InChI is InChI=1S/C15H19ClN2O2S/c1-15(2,3)20-14(19)18-11-5-4-9(8-10(11)17)12-6-7-13(16)21-12/h4-6,8,13H,7,17H2,1-3H3,(H,18,19). The Labute approximate surface area is 134 Å². The molecule has 1 aliphatic rings. The number of thioether (sulfide) groups is 1. The first-order valence-electron chi connectivity index (χ1n) is 6.65. The molecule has 0 fully saturated rings. The zero-order valence-corrected chi connectivity index (χ0v) is 13.8. The van der Waals surface area contributed by atoms with Gasteiger partial charge in [-0.25, -0.2) is 4.79 Å². The number of anilines is 2. The Balaban J connectivity index is 2.08. The maximum atomic E-state index is 11.7. The second kappa shape index (κ2) is 6.20. The summed E-state index contributed by atoms with van der Waals surface area (Å²) in [5.74, 6) is 0. The molecule has 1 aliphatic heterocycles. The van der Waals surface area contributed by atoms with Crippen LogP contribution in [0.4, 0.5) is 16.2 Å². The highest BCUT2D eigenvalue weighted by molar-refractivity contribution is 8.10. The predicted octanol–water partition coefficient (Wildman–Crippen LogP) is 4.66. The third kappa shape index (κ3) is 4.58. The van der Waals surface area contributed by atoms with Crippen LogP contribution in [0.25, 0.3) is 4.91 Å². The number of nitrogens with two attached hydrogens (primary N) is 1. The van der Waals surface area contributed by atoms with E-state index in [9.17, 15) is 4.79 Å². The van der Waals surface area contributed by atoms with Gasteiger partial charge in [-0.05, 0) is 44.9 Å². The second-order valence-electron chi connectivity index (χ2n) is 5.76. The second-order valence-corrected chi connectivity index (χ2v) is 7.79. The van der Waals surface area contributed by atoms with Gasteiger partial charge in [-0.15, -0.1) is 23.4 Å². The monoisotopic (exact) mass is 326 g/mol. The fourth-order valence-corrected chi connectivity index (χ4v) is 3.16. The quantitative estimate of drug-likeness (QED) is 0.613. The molecule has 21 heavy (non-hydrogen) atoms. The minimum absolute atomic E-state index is 0.0841. The van der Waals surface area contributed by atoms with Crippen LogP contribution < -0.4 is 11.1 Å². The smallest absolute Gasteiger partial charge is 0.412 e. The Kier molecular flexibility index (Phi) is 4.74. The molecule has 0 bridgehead atoms. The molecule has 0 spiro atoms. The summed E-state index contributed by atoms with van der Waals surface area (Å²) in [6.07, 6.45) is 2.43. The number of alkyl halides is 1. The Morgan fingerprint density at radius 3 is 2.71 bits per heavy atom. The van der Waals surface area contributed by atoms with Gasteiger partial charge in [0.25, 0.3) is 0 Å². The number of nitrogens with one attached hydrogen (secondary N) is 1. The summed E-state index contributed by atoms with van der Waals surface area (Å²) in [6.45, 7) is 5.43. The van der Waals surface area contributed by atoms with Crippen molar-refractivity contribution < 1.29 is 9.53 Å². The number of amides is 1. The van der Waals surface area contributed by atoms with Crippen molar-refractivity contribution in [2.45, 2.75) is 37.5 Å². The van der Waals surface area contributed by atoms with Crippen molar-refractivity contribution in [1.29, 1.82) is 0 Å². The number of carbonyl (C=O) groups is 1. The van der Waals surface area contributed by atoms with Crippen LogP contribution in [0, 0.1) is 0 Å². The number of ether oxygens (including phenoxy) is 1. The van der Waals surface area contributed by atoms with Gasteiger partial charge in [-0.3, -0.25) is 5.32 Å². The van der Waals surface area contributed by atoms with E-state index in [4.69, 9.17) is 22.1 Å². The van der Waals surface area contributed by atoms with Gasteiger partial charge in [-0.1, -0.05) is 12.1 Å². The number of nitrogen functional groups attached to an aromatic ring is 1. The summed E-state index contributed by atoms with van der Waals surface area (Å²) < 4.78 is 5.29. The van der Waals surface area contributed by atoms with Crippen LogP contribution in [0.3, 0.4) is 0 Å². The Bertz CT molecular complexity index is 582. The van der Waals surface area contributed by atoms with Crippen LogP contribution in [-0.4, -0.2) is 16.4 Å². The maximum Gasteiger partial charge on any atom is 0.412 e. The number of benzene rings is 1. The molecule has 0 saturated heterocycles. The van der Waals surface area contributed by atoms with Gasteiger partial charge >= 0.3 is 6.09 Å². The minimum atomic E-state index is -0.542. The average molecular weight is 327 g/mol. The molecule has 1 aromatic carbocycles. The SMILES string of the molecule is CC(C)(C)OC(=O)Nc1ccc(C2=CCC(Cl)S2)cc1N. The number of allylic oxidation sites excluding steroid dienone is 1. The Morgan fingerprint density at radius 2 is 2.19 bits per heavy atom. The fourth-order valence-electron chi connectivity index (χ4n) is 1.86. The lowest BCUT2D eigenvalue weighted by Crippen LogP contribution is -2.27. The summed E-state index contributed by atoms with van der Waals surface area (Å²) in [5.41, 5.74) is 7.50. The minimum Gasteiger partial charge on any atom is -0.444 e. The van der Waals surface area contributed by atoms with Crippen molar-refractivity contribution in [2.75, 3.05) is 11.1 Å². The van der Waals surface area contributed by atoms with Crippen molar-refractivity contribution in [3.05, 3.63) is 29.8 Å². The first kappa shape index (κ1) is 16.0. The van der Waals surface area contributed by atoms with Crippen molar-refractivity contribution >= 4 is 45.7 Å². The van der Waals surface area contributed by atoms with E-state index < -0.39 is 11.7 Å². The van der Waals surface area contributed by atoms with E-state index in [1.54, 1.807) is 17.8 Å². The summed E-state index contributed by atoms with van der Waals surface area (Å²) >= 11 is 7.68. The highest BCUT2D eigenvalue weighted by atomic mass is 35.5. The average Bonchev–Trinajstić information content (AvgIpc) is 2.76. The van der Waals surface area contributed by atoms with Crippen molar-refractivity contribution in [3.63, 3.8) is 0 Å². The zero-order chi connectivity index (χ0) is 15.6. The Morgan fingerprint density at radius 1 is 1.48 bits per heavy atom. The van der Waals surface area contributed by atoms with Crippen molar-refractivity contribution in [2.24, 2.45) is 0 Å². The highest BCUT2D eigenvalue weighted by Gasteiger charge is 2.19. The zero-order valence-electron chi connectivity index (χ0n) is 12.3. The first-order valence-corrected chi connectivity index (χ1v) is 7.97. The third-order valence-corrected chi connectivity index (χ3v) is 4.27. The number of hydrogen-bond acceptors (Lipinski definition) is 4. The van der Waals surface area contributed by atoms with E-state index in [-0.39, 0.29) is 4.71 Å². The summed E-state index contributed by atoms with van der Waals surface area (Å²) in [7, 11) is 0. The number of halogens is 1. The van der Waals surface area contributed by atoms with Gasteiger partial charge in [0.2, 0.25) is 0 Å². The molecule has 4 nitrogen and oxygen atoms in total. The van der Waals surface area contributed by atoms with Gasteiger partial charge in [0, 0.05) is 4.91 Å². The summed E-state index contributed by atoms with van der Waals surface area (Å²) in [5, 5.41) is 2.65. The number of carbonyl (C=O) groups excluding carboxylic acids is 1. The summed E-state index contributed by atoms with van der Waals surface area (Å²) in [4.78, 5) is 12.9. The lowest BCUT2D eigenvalue weighted by atomic mass is 10.1. The molecule has 2 rings (SSSR count). The molecule has 1 unspecified atom stereocenters. The van der Waals surface area contributed by atoms with Gasteiger partial charge in [0.1, 0.15) is 5.60 Å². The van der Waals surface area contributed by atoms with Crippen LogP contribution in [0.1, 0.15) is 32.8 Å². The van der Waals surface area contributed by atoms with Gasteiger partial charge < -0.3 is 10.5 Å². The lowest BCUT2D eigenvalue weighted by Gasteiger charge is -2.20. The molecule has 114 valence electrons. The topological polar surface area (TPSA) is 64.3 Å². The predicted molar refractivity (Wildman–Crippen MR) is 90.5 cm³/mol. The molecule has 6 heteroatoms.